The summed E-state index contributed by atoms with van der Waals surface area (Å²) in [5.74, 6) is -2.67. The van der Waals surface area contributed by atoms with Gasteiger partial charge in [0.15, 0.2) is 5.79 Å². The van der Waals surface area contributed by atoms with Crippen LogP contribution in [0.2, 0.25) is 0 Å². The largest absolute Gasteiger partial charge is 0.510 e. The van der Waals surface area contributed by atoms with E-state index in [1.54, 1.807) is 6.92 Å². The normalized spacial score (nSPS) is 23.2. The van der Waals surface area contributed by atoms with Crippen LogP contribution in [0, 0.1) is 11.3 Å². The summed E-state index contributed by atoms with van der Waals surface area (Å²) in [6.07, 6.45) is 0.641. The van der Waals surface area contributed by atoms with Gasteiger partial charge < -0.3 is 52.5 Å². The molecule has 23 heteroatoms. The Balaban J connectivity index is 1.81. The Kier molecular flexibility index (Phi) is 19.5. The van der Waals surface area contributed by atoms with Crippen LogP contribution in [0.1, 0.15) is 38.8 Å². The summed E-state index contributed by atoms with van der Waals surface area (Å²) >= 11 is 0. The van der Waals surface area contributed by atoms with E-state index in [0.717, 1.165) is 16.8 Å². The van der Waals surface area contributed by atoms with Crippen molar-refractivity contribution in [2.45, 2.75) is 50.2 Å². The lowest BCUT2D eigenvalue weighted by atomic mass is 9.71. The van der Waals surface area contributed by atoms with Gasteiger partial charge in [0.05, 0.1) is 52.9 Å². The number of alkyl halides is 1. The van der Waals surface area contributed by atoms with E-state index in [1.165, 1.54) is 20.3 Å². The van der Waals surface area contributed by atoms with Gasteiger partial charge in [0.1, 0.15) is 31.7 Å². The number of carbonyl (C=O) groups excluding carboxylic acids is 2. The number of H-pyrrole nitrogens is 1. The van der Waals surface area contributed by atoms with E-state index < -0.39 is 87.2 Å². The number of aromatic nitrogens is 2. The van der Waals surface area contributed by atoms with Gasteiger partial charge in [-0.05, 0) is 12.8 Å². The highest BCUT2D eigenvalue weighted by atomic mass is 31.2. The average Bonchev–Trinajstić information content (AvgIpc) is 3.71. The van der Waals surface area contributed by atoms with Crippen LogP contribution < -0.4 is 11.2 Å². The predicted molar refractivity (Wildman–Crippen MR) is 187 cm³/mol. The zero-order valence-electron chi connectivity index (χ0n) is 31.7. The number of hydrogen-bond acceptors (Lipinski definition) is 19. The molecule has 320 valence electrons. The molecule has 1 aliphatic carbocycles. The zero-order chi connectivity index (χ0) is 41.1. The molecule has 3 rings (SSSR count). The number of nitrogens with zero attached hydrogens (tertiary/aromatic N) is 1. The van der Waals surface area contributed by atoms with E-state index in [-0.39, 0.29) is 46.2 Å². The van der Waals surface area contributed by atoms with Crippen LogP contribution in [0.5, 0.6) is 0 Å². The molecule has 56 heavy (non-hydrogen) atoms. The Morgan fingerprint density at radius 3 is 2.00 bits per heavy atom. The lowest BCUT2D eigenvalue weighted by Crippen LogP contribution is -2.49. The molecule has 1 aromatic heterocycles. The van der Waals surface area contributed by atoms with Crippen LogP contribution in [-0.2, 0) is 65.5 Å². The minimum absolute atomic E-state index is 0.0140. The Labute approximate surface area is 322 Å². The molecule has 0 bridgehead atoms. The summed E-state index contributed by atoms with van der Waals surface area (Å²) < 4.78 is 97.9. The van der Waals surface area contributed by atoms with Crippen molar-refractivity contribution in [3.05, 3.63) is 45.8 Å². The van der Waals surface area contributed by atoms with Gasteiger partial charge in [0.25, 0.3) is 5.56 Å². The van der Waals surface area contributed by atoms with Crippen LogP contribution >= 0.6 is 7.82 Å². The summed E-state index contributed by atoms with van der Waals surface area (Å²) in [6.45, 7) is 1.36. The Bertz CT molecular complexity index is 1500. The number of halogens is 1. The molecule has 2 heterocycles. The highest BCUT2D eigenvalue weighted by Gasteiger charge is 2.62. The van der Waals surface area contributed by atoms with E-state index >= 15 is 4.39 Å². The number of methoxy groups -OCH3 is 2. The van der Waals surface area contributed by atoms with Crippen molar-refractivity contribution in [3.8, 4) is 0 Å². The molecule has 0 radical (unpaired) electrons. The van der Waals surface area contributed by atoms with Gasteiger partial charge in [0, 0.05) is 50.7 Å². The van der Waals surface area contributed by atoms with Crippen molar-refractivity contribution >= 4 is 20.1 Å². The molecular formula is C33H52FN2O19P. The second kappa shape index (κ2) is 23.2. The standard InChI is InChI=1S/C33H52FN2O19P/c1-5-31(2)25(20-51-33(41)9-6-7-10-33)32(21-34,55-27(31)36-11-8-26(37)35-28(36)38)22-52-56(42,53-23-49-29(39)47-18-16-45-14-12-43-3)54-24-50-30(40)48-19-17-46-15-13-44-4/h5,8,11,25,27,41H,1,6-7,9-10,12-24H2,2-4H3,(H,35,37,38)/t25-,27+,31+,32+/m0/s1. The summed E-state index contributed by atoms with van der Waals surface area (Å²) in [7, 11) is -2.01. The van der Waals surface area contributed by atoms with E-state index in [4.69, 9.17) is 60.9 Å². The van der Waals surface area contributed by atoms with E-state index in [2.05, 4.69) is 11.6 Å². The first-order valence-corrected chi connectivity index (χ1v) is 19.1. The lowest BCUT2D eigenvalue weighted by Gasteiger charge is -2.38. The number of aliphatic hydroxyl groups is 1. The Hall–Kier alpha value is -3.28. The fraction of sp³-hybridized carbons (Fsp3) is 0.758. The smallest absolute Gasteiger partial charge is 0.432 e. The maximum absolute atomic E-state index is 15.6. The van der Waals surface area contributed by atoms with Crippen LogP contribution in [0.15, 0.2) is 34.5 Å². The summed E-state index contributed by atoms with van der Waals surface area (Å²) in [5, 5.41) is 11.0. The molecule has 2 aliphatic rings. The Morgan fingerprint density at radius 1 is 0.946 bits per heavy atom. The van der Waals surface area contributed by atoms with Crippen LogP contribution in [0.3, 0.4) is 0 Å². The molecule has 2 N–H and O–H groups in total. The monoisotopic (exact) mass is 830 g/mol. The topological polar surface area (TPSA) is 246 Å². The van der Waals surface area contributed by atoms with Crippen molar-refractivity contribution in [1.82, 2.24) is 9.55 Å². The third kappa shape index (κ3) is 14.0. The fourth-order valence-corrected chi connectivity index (χ4v) is 6.80. The first kappa shape index (κ1) is 47.1. The summed E-state index contributed by atoms with van der Waals surface area (Å²) in [4.78, 5) is 51.1. The van der Waals surface area contributed by atoms with Gasteiger partial charge in [-0.15, -0.1) is 6.58 Å². The molecule has 1 aromatic rings. The molecular weight excluding hydrogens is 778 g/mol. The first-order chi connectivity index (χ1) is 26.8. The van der Waals surface area contributed by atoms with Gasteiger partial charge in [-0.2, -0.15) is 0 Å². The summed E-state index contributed by atoms with van der Waals surface area (Å²) in [5.41, 5.74) is -5.11. The highest BCUT2D eigenvalue weighted by molar-refractivity contribution is 7.48. The van der Waals surface area contributed by atoms with Gasteiger partial charge in [-0.1, -0.05) is 13.0 Å². The molecule has 0 aromatic carbocycles. The second-order valence-electron chi connectivity index (χ2n) is 12.7. The van der Waals surface area contributed by atoms with E-state index in [9.17, 15) is 28.8 Å². The molecule has 0 amide bonds. The average molecular weight is 831 g/mol. The maximum atomic E-state index is 15.6. The lowest BCUT2D eigenvalue weighted by molar-refractivity contribution is -0.217. The fourth-order valence-electron chi connectivity index (χ4n) is 5.84. The number of ether oxygens (including phenoxy) is 10. The second-order valence-corrected chi connectivity index (χ2v) is 14.4. The molecule has 0 unspecified atom stereocenters. The van der Waals surface area contributed by atoms with Gasteiger partial charge >= 0.3 is 25.8 Å². The number of phosphoric ester groups is 1. The van der Waals surface area contributed by atoms with E-state index in [0.29, 0.717) is 38.9 Å². The minimum atomic E-state index is -4.99. The van der Waals surface area contributed by atoms with Crippen LogP contribution in [0.25, 0.3) is 0 Å². The third-order valence-corrected chi connectivity index (χ3v) is 10.2. The number of hydrogen-bond donors (Lipinski definition) is 2. The molecule has 4 atom stereocenters. The van der Waals surface area contributed by atoms with Crippen molar-refractivity contribution in [1.29, 1.82) is 0 Å². The SMILES string of the molecule is C=C[C@]1(C)[C@H](COC2(O)CCCC2)[C@@](CF)(COP(=O)(OCOC(=O)OCCOCCOC)OCOC(=O)OCCOCCOC)O[C@H]1n1ccc(=O)[nH]c1=O. The molecule has 1 saturated carbocycles. The number of nitrogens with one attached hydrogen (secondary N) is 1. The van der Waals surface area contributed by atoms with Crippen molar-refractivity contribution < 1.29 is 84.6 Å². The van der Waals surface area contributed by atoms with Crippen LogP contribution in [0.4, 0.5) is 14.0 Å². The Morgan fingerprint density at radius 2 is 1.50 bits per heavy atom. The number of carbonyl (C=O) groups is 2. The molecule has 21 nitrogen and oxygen atoms in total. The number of aromatic amines is 1. The number of rotatable bonds is 27. The van der Waals surface area contributed by atoms with Crippen molar-refractivity contribution in [2.24, 2.45) is 11.3 Å². The summed E-state index contributed by atoms with van der Waals surface area (Å²) in [6, 6.07) is 1.06. The molecule has 2 fully saturated rings. The highest BCUT2D eigenvalue weighted by Crippen LogP contribution is 2.58. The van der Waals surface area contributed by atoms with E-state index in [1.807, 2.05) is 0 Å². The van der Waals surface area contributed by atoms with Crippen molar-refractivity contribution in [3.63, 3.8) is 0 Å². The predicted octanol–water partition coefficient (Wildman–Crippen LogP) is 2.57. The number of phosphoric acid groups is 1. The van der Waals surface area contributed by atoms with Crippen molar-refractivity contribution in [2.75, 3.05) is 101 Å². The van der Waals surface area contributed by atoms with Gasteiger partial charge in [0.2, 0.25) is 13.6 Å². The zero-order valence-corrected chi connectivity index (χ0v) is 32.6. The molecule has 0 spiro atoms. The maximum Gasteiger partial charge on any atom is 0.510 e. The van der Waals surface area contributed by atoms with Gasteiger partial charge in [-0.25, -0.2) is 32.4 Å². The first-order valence-electron chi connectivity index (χ1n) is 17.6. The van der Waals surface area contributed by atoms with Crippen LogP contribution in [-0.4, -0.2) is 139 Å². The molecule has 1 aliphatic heterocycles. The third-order valence-electron chi connectivity index (χ3n) is 8.94. The quantitative estimate of drug-likeness (QED) is 0.0425. The minimum Gasteiger partial charge on any atom is -0.432 e. The molecule has 1 saturated heterocycles. The van der Waals surface area contributed by atoms with Gasteiger partial charge in [-0.3, -0.25) is 18.9 Å².